The lowest BCUT2D eigenvalue weighted by molar-refractivity contribution is -0.124. The third-order valence-corrected chi connectivity index (χ3v) is 5.26. The van der Waals surface area contributed by atoms with Crippen LogP contribution in [0.2, 0.25) is 0 Å². The molecular weight excluding hydrogens is 302 g/mol. The zero-order valence-corrected chi connectivity index (χ0v) is 13.8. The molecule has 122 valence electrons. The van der Waals surface area contributed by atoms with Gasteiger partial charge in [0.2, 0.25) is 15.9 Å². The van der Waals surface area contributed by atoms with Gasteiger partial charge in [-0.3, -0.25) is 4.79 Å². The minimum absolute atomic E-state index is 0.0305. The van der Waals surface area contributed by atoms with Crippen LogP contribution in [0.4, 0.5) is 5.69 Å². The zero-order chi connectivity index (χ0) is 16.2. The Kier molecular flexibility index (Phi) is 5.42. The van der Waals surface area contributed by atoms with E-state index in [-0.39, 0.29) is 24.1 Å². The molecule has 22 heavy (non-hydrogen) atoms. The molecule has 0 spiro atoms. The molecule has 1 aromatic carbocycles. The van der Waals surface area contributed by atoms with E-state index < -0.39 is 10.0 Å². The summed E-state index contributed by atoms with van der Waals surface area (Å²) in [6.07, 6.45) is 0.715. The first-order valence-corrected chi connectivity index (χ1v) is 9.12. The van der Waals surface area contributed by atoms with E-state index in [0.29, 0.717) is 19.5 Å². The monoisotopic (exact) mass is 325 g/mol. The number of amides is 1. The van der Waals surface area contributed by atoms with Crippen molar-refractivity contribution in [2.24, 2.45) is 5.92 Å². The lowest BCUT2D eigenvalue weighted by Gasteiger charge is -2.32. The summed E-state index contributed by atoms with van der Waals surface area (Å²) in [5.74, 6) is -0.0924. The first-order chi connectivity index (χ1) is 10.4. The second kappa shape index (κ2) is 7.11. The molecule has 1 amide bonds. The number of para-hydroxylation sites is 1. The van der Waals surface area contributed by atoms with Gasteiger partial charge in [0.05, 0.1) is 11.7 Å². The molecule has 2 N–H and O–H groups in total. The van der Waals surface area contributed by atoms with Crippen molar-refractivity contribution in [2.45, 2.75) is 13.3 Å². The van der Waals surface area contributed by atoms with Gasteiger partial charge in [-0.15, -0.1) is 0 Å². The van der Waals surface area contributed by atoms with Crippen LogP contribution in [0.15, 0.2) is 24.3 Å². The van der Waals surface area contributed by atoms with Gasteiger partial charge in [0.1, 0.15) is 0 Å². The minimum Gasteiger partial charge on any atom is -0.374 e. The average Bonchev–Trinajstić information content (AvgIpc) is 2.51. The third kappa shape index (κ3) is 4.20. The molecule has 0 aromatic heterocycles. The second-order valence-electron chi connectivity index (χ2n) is 5.50. The number of nitrogens with one attached hydrogen (secondary N) is 2. The van der Waals surface area contributed by atoms with Gasteiger partial charge < -0.3 is 10.2 Å². The molecule has 0 radical (unpaired) electrons. The molecule has 0 saturated carbocycles. The molecule has 6 nitrogen and oxygen atoms in total. The van der Waals surface area contributed by atoms with Gasteiger partial charge in [0.15, 0.2) is 0 Å². The summed E-state index contributed by atoms with van der Waals surface area (Å²) in [7, 11) is -1.22. The van der Waals surface area contributed by atoms with E-state index in [1.54, 1.807) is 6.92 Å². The Morgan fingerprint density at radius 1 is 1.32 bits per heavy atom. The molecule has 2 rings (SSSR count). The number of benzene rings is 1. The SMILES string of the molecule is CCS(=O)(=O)NCCNC(=O)C1Cc2ccccc2N(C)C1. The van der Waals surface area contributed by atoms with Crippen LogP contribution in [0, 0.1) is 5.92 Å². The molecule has 1 aliphatic heterocycles. The van der Waals surface area contributed by atoms with Gasteiger partial charge >= 0.3 is 0 Å². The Hall–Kier alpha value is -1.60. The standard InChI is InChI=1S/C15H23N3O3S/c1-3-22(20,21)17-9-8-16-15(19)13-10-12-6-4-5-7-14(12)18(2)11-13/h4-7,13,17H,3,8-11H2,1-2H3,(H,16,19). The number of hydrogen-bond donors (Lipinski definition) is 2. The molecule has 1 heterocycles. The van der Waals surface area contributed by atoms with Crippen LogP contribution in [-0.4, -0.2) is 46.8 Å². The van der Waals surface area contributed by atoms with Crippen molar-refractivity contribution >= 4 is 21.6 Å². The largest absolute Gasteiger partial charge is 0.374 e. The number of anilines is 1. The Balaban J connectivity index is 1.84. The number of sulfonamides is 1. The Bertz CT molecular complexity index is 631. The number of carbonyl (C=O) groups excluding carboxylic acids is 1. The molecule has 1 unspecified atom stereocenters. The van der Waals surface area contributed by atoms with E-state index in [2.05, 4.69) is 21.0 Å². The number of fused-ring (bicyclic) bond motifs is 1. The summed E-state index contributed by atoms with van der Waals surface area (Å²) < 4.78 is 25.0. The van der Waals surface area contributed by atoms with Gasteiger partial charge in [-0.25, -0.2) is 13.1 Å². The highest BCUT2D eigenvalue weighted by atomic mass is 32.2. The van der Waals surface area contributed by atoms with Crippen LogP contribution in [0.1, 0.15) is 12.5 Å². The molecular formula is C15H23N3O3S. The quantitative estimate of drug-likeness (QED) is 0.740. The van der Waals surface area contributed by atoms with E-state index in [0.717, 1.165) is 0 Å². The molecule has 0 saturated heterocycles. The topological polar surface area (TPSA) is 78.5 Å². The summed E-state index contributed by atoms with van der Waals surface area (Å²) in [6.45, 7) is 2.78. The summed E-state index contributed by atoms with van der Waals surface area (Å²) >= 11 is 0. The highest BCUT2D eigenvalue weighted by Gasteiger charge is 2.26. The fourth-order valence-electron chi connectivity index (χ4n) is 2.63. The van der Waals surface area contributed by atoms with Gasteiger partial charge in [-0.2, -0.15) is 0 Å². The van der Waals surface area contributed by atoms with Crippen molar-refractivity contribution in [1.82, 2.24) is 10.0 Å². The molecule has 7 heteroatoms. The Morgan fingerprint density at radius 3 is 2.77 bits per heavy atom. The molecule has 0 fully saturated rings. The van der Waals surface area contributed by atoms with E-state index >= 15 is 0 Å². The fourth-order valence-corrected chi connectivity index (χ4v) is 3.25. The lowest BCUT2D eigenvalue weighted by Crippen LogP contribution is -2.44. The maximum absolute atomic E-state index is 12.2. The van der Waals surface area contributed by atoms with E-state index in [9.17, 15) is 13.2 Å². The number of nitrogens with zero attached hydrogens (tertiary/aromatic N) is 1. The normalized spacial score (nSPS) is 17.9. The molecule has 1 atom stereocenters. The summed E-state index contributed by atoms with van der Waals surface area (Å²) in [4.78, 5) is 14.3. The van der Waals surface area contributed by atoms with E-state index in [1.165, 1.54) is 11.3 Å². The third-order valence-electron chi connectivity index (χ3n) is 3.86. The van der Waals surface area contributed by atoms with Crippen LogP contribution < -0.4 is 14.9 Å². The molecule has 1 aliphatic rings. The van der Waals surface area contributed by atoms with E-state index in [1.807, 2.05) is 25.2 Å². The van der Waals surface area contributed by atoms with Crippen LogP contribution >= 0.6 is 0 Å². The average molecular weight is 325 g/mol. The Labute approximate surface area is 131 Å². The molecule has 0 bridgehead atoms. The van der Waals surface area contributed by atoms with Crippen molar-refractivity contribution in [3.63, 3.8) is 0 Å². The minimum atomic E-state index is -3.20. The maximum atomic E-state index is 12.2. The van der Waals surface area contributed by atoms with Crippen LogP contribution in [-0.2, 0) is 21.2 Å². The predicted molar refractivity (Wildman–Crippen MR) is 87.4 cm³/mol. The molecule has 0 aliphatic carbocycles. The van der Waals surface area contributed by atoms with Crippen molar-refractivity contribution in [2.75, 3.05) is 37.3 Å². The van der Waals surface area contributed by atoms with Crippen LogP contribution in [0.25, 0.3) is 0 Å². The first kappa shape index (κ1) is 16.8. The molecule has 1 aromatic rings. The van der Waals surface area contributed by atoms with E-state index in [4.69, 9.17) is 0 Å². The summed E-state index contributed by atoms with van der Waals surface area (Å²) in [6, 6.07) is 8.08. The number of rotatable bonds is 6. The first-order valence-electron chi connectivity index (χ1n) is 7.47. The summed E-state index contributed by atoms with van der Waals surface area (Å²) in [5, 5.41) is 2.81. The van der Waals surface area contributed by atoms with Crippen molar-refractivity contribution in [1.29, 1.82) is 0 Å². The van der Waals surface area contributed by atoms with Crippen molar-refractivity contribution in [3.8, 4) is 0 Å². The van der Waals surface area contributed by atoms with Crippen molar-refractivity contribution < 1.29 is 13.2 Å². The second-order valence-corrected chi connectivity index (χ2v) is 7.59. The van der Waals surface area contributed by atoms with Crippen molar-refractivity contribution in [3.05, 3.63) is 29.8 Å². The zero-order valence-electron chi connectivity index (χ0n) is 13.0. The van der Waals surface area contributed by atoms with Gasteiger partial charge in [-0.1, -0.05) is 18.2 Å². The number of hydrogen-bond acceptors (Lipinski definition) is 4. The lowest BCUT2D eigenvalue weighted by atomic mass is 9.92. The maximum Gasteiger partial charge on any atom is 0.225 e. The Morgan fingerprint density at radius 2 is 2.05 bits per heavy atom. The van der Waals surface area contributed by atoms with Crippen LogP contribution in [0.5, 0.6) is 0 Å². The van der Waals surface area contributed by atoms with Gasteiger partial charge in [-0.05, 0) is 25.0 Å². The highest BCUT2D eigenvalue weighted by Crippen LogP contribution is 2.28. The summed E-state index contributed by atoms with van der Waals surface area (Å²) in [5.41, 5.74) is 2.34. The fraction of sp³-hybridized carbons (Fsp3) is 0.533. The number of carbonyl (C=O) groups is 1. The van der Waals surface area contributed by atoms with Gasteiger partial charge in [0, 0.05) is 32.4 Å². The van der Waals surface area contributed by atoms with Crippen LogP contribution in [0.3, 0.4) is 0 Å². The highest BCUT2D eigenvalue weighted by molar-refractivity contribution is 7.89. The van der Waals surface area contributed by atoms with Gasteiger partial charge in [0.25, 0.3) is 0 Å². The smallest absolute Gasteiger partial charge is 0.225 e. The predicted octanol–water partition coefficient (Wildman–Crippen LogP) is 0.351.